The third-order valence-corrected chi connectivity index (χ3v) is 8.73. The molecule has 0 radical (unpaired) electrons. The van der Waals surface area contributed by atoms with Gasteiger partial charge in [-0.15, -0.1) is 0 Å². The molecule has 0 atom stereocenters. The van der Waals surface area contributed by atoms with Crippen molar-refractivity contribution in [2.75, 3.05) is 19.0 Å². The topological polar surface area (TPSA) is 11.5 Å². The van der Waals surface area contributed by atoms with Crippen LogP contribution in [0, 0.1) is 6.92 Å². The molecule has 45 heavy (non-hydrogen) atoms. The first kappa shape index (κ1) is 28.4. The Labute approximate surface area is 266 Å². The SMILES string of the molecule is Cc1cc(C(c2ccccc2)c2ccccc2)c(-[n+]2cc3cccc(N(C)C)n3c2)c(C(c2ccccc2)c2ccccc2)c1. The van der Waals surface area contributed by atoms with E-state index in [2.05, 4.69) is 199 Å². The van der Waals surface area contributed by atoms with E-state index in [1.165, 1.54) is 44.6 Å². The number of anilines is 1. The Morgan fingerprint density at radius 2 is 0.956 bits per heavy atom. The van der Waals surface area contributed by atoms with Crippen molar-refractivity contribution in [1.29, 1.82) is 0 Å². The van der Waals surface area contributed by atoms with Gasteiger partial charge in [-0.3, -0.25) is 0 Å². The quantitative estimate of drug-likeness (QED) is 0.128. The van der Waals surface area contributed by atoms with E-state index in [1.54, 1.807) is 0 Å². The first-order valence-electron chi connectivity index (χ1n) is 15.6. The number of hydrogen-bond donors (Lipinski definition) is 0. The Hall–Kier alpha value is -5.41. The number of nitrogens with zero attached hydrogens (tertiary/aromatic N) is 3. The van der Waals surface area contributed by atoms with Crippen LogP contribution in [0.1, 0.15) is 50.8 Å². The van der Waals surface area contributed by atoms with Gasteiger partial charge in [0, 0.05) is 43.1 Å². The van der Waals surface area contributed by atoms with Crippen LogP contribution in [0.4, 0.5) is 5.82 Å². The van der Waals surface area contributed by atoms with Gasteiger partial charge >= 0.3 is 0 Å². The Morgan fingerprint density at radius 3 is 1.36 bits per heavy atom. The third-order valence-electron chi connectivity index (χ3n) is 8.73. The number of fused-ring (bicyclic) bond motifs is 1. The maximum Gasteiger partial charge on any atom is 0.255 e. The molecule has 0 amide bonds. The van der Waals surface area contributed by atoms with Gasteiger partial charge in [0.2, 0.25) is 5.82 Å². The van der Waals surface area contributed by atoms with Crippen molar-refractivity contribution in [3.8, 4) is 5.69 Å². The van der Waals surface area contributed by atoms with Gasteiger partial charge in [0.25, 0.3) is 6.33 Å². The molecule has 0 spiro atoms. The highest BCUT2D eigenvalue weighted by Gasteiger charge is 2.31. The Kier molecular flexibility index (Phi) is 7.75. The number of rotatable bonds is 8. The van der Waals surface area contributed by atoms with E-state index in [0.717, 1.165) is 11.3 Å². The summed E-state index contributed by atoms with van der Waals surface area (Å²) in [6, 6.07) is 55.1. The molecule has 0 saturated heterocycles. The summed E-state index contributed by atoms with van der Waals surface area (Å²) in [7, 11) is 4.20. The van der Waals surface area contributed by atoms with Gasteiger partial charge < -0.3 is 4.90 Å². The lowest BCUT2D eigenvalue weighted by atomic mass is 9.78. The van der Waals surface area contributed by atoms with E-state index in [9.17, 15) is 0 Å². The van der Waals surface area contributed by atoms with Crippen LogP contribution in [-0.2, 0) is 0 Å². The molecule has 0 N–H and O–H groups in total. The summed E-state index contributed by atoms with van der Waals surface area (Å²) in [5, 5.41) is 0. The van der Waals surface area contributed by atoms with E-state index in [-0.39, 0.29) is 11.8 Å². The second-order valence-corrected chi connectivity index (χ2v) is 12.0. The molecule has 0 aliphatic heterocycles. The molecule has 3 nitrogen and oxygen atoms in total. The number of aromatic nitrogens is 2. The Bertz CT molecular complexity index is 1850. The number of pyridine rings is 1. The summed E-state index contributed by atoms with van der Waals surface area (Å²) in [5.41, 5.74) is 11.3. The zero-order chi connectivity index (χ0) is 30.8. The van der Waals surface area contributed by atoms with Crippen LogP contribution >= 0.6 is 0 Å². The van der Waals surface area contributed by atoms with E-state index in [1.807, 2.05) is 0 Å². The first-order valence-corrected chi connectivity index (χ1v) is 15.6. The van der Waals surface area contributed by atoms with E-state index in [0.29, 0.717) is 0 Å². The lowest BCUT2D eigenvalue weighted by Crippen LogP contribution is -2.33. The molecule has 2 aromatic heterocycles. The molecule has 7 aromatic rings. The van der Waals surface area contributed by atoms with Crippen LogP contribution in [0.3, 0.4) is 0 Å². The van der Waals surface area contributed by atoms with Crippen LogP contribution in [0.2, 0.25) is 0 Å². The zero-order valence-electron chi connectivity index (χ0n) is 26.1. The lowest BCUT2D eigenvalue weighted by molar-refractivity contribution is -0.595. The summed E-state index contributed by atoms with van der Waals surface area (Å²) < 4.78 is 4.65. The smallest absolute Gasteiger partial charge is 0.255 e. The largest absolute Gasteiger partial charge is 0.345 e. The molecule has 0 aliphatic rings. The van der Waals surface area contributed by atoms with E-state index in [4.69, 9.17) is 0 Å². The minimum absolute atomic E-state index is 0.0390. The number of aryl methyl sites for hydroxylation is 1. The molecule has 0 saturated carbocycles. The first-order chi connectivity index (χ1) is 22.1. The predicted octanol–water partition coefficient (Wildman–Crippen LogP) is 8.95. The lowest BCUT2D eigenvalue weighted by Gasteiger charge is -2.26. The van der Waals surface area contributed by atoms with Crippen molar-refractivity contribution < 1.29 is 4.57 Å². The van der Waals surface area contributed by atoms with Gasteiger partial charge in [-0.2, -0.15) is 4.40 Å². The molecule has 3 heteroatoms. The maximum absolute atomic E-state index is 2.40. The van der Waals surface area contributed by atoms with Crippen LogP contribution in [-0.4, -0.2) is 18.5 Å². The average molecular weight is 585 g/mol. The minimum atomic E-state index is 0.0390. The summed E-state index contributed by atoms with van der Waals surface area (Å²) in [6.07, 6.45) is 4.53. The number of hydrogen-bond acceptors (Lipinski definition) is 1. The highest BCUT2D eigenvalue weighted by molar-refractivity contribution is 5.60. The van der Waals surface area contributed by atoms with Crippen LogP contribution in [0.5, 0.6) is 0 Å². The van der Waals surface area contributed by atoms with Crippen LogP contribution in [0.15, 0.2) is 164 Å². The fourth-order valence-corrected chi connectivity index (χ4v) is 6.80. The molecule has 0 fully saturated rings. The monoisotopic (exact) mass is 584 g/mol. The number of imidazole rings is 1. The Balaban J connectivity index is 1.60. The summed E-state index contributed by atoms with van der Waals surface area (Å²) in [6.45, 7) is 2.24. The molecule has 7 rings (SSSR count). The molecule has 5 aromatic carbocycles. The zero-order valence-corrected chi connectivity index (χ0v) is 26.1. The summed E-state index contributed by atoms with van der Waals surface area (Å²) in [4.78, 5) is 2.17. The molecule has 0 unspecified atom stereocenters. The van der Waals surface area contributed by atoms with Gasteiger partial charge in [0.1, 0.15) is 11.9 Å². The highest BCUT2D eigenvalue weighted by Crippen LogP contribution is 2.41. The van der Waals surface area contributed by atoms with Gasteiger partial charge in [0.05, 0.1) is 0 Å². The molecular formula is C42H38N3+. The van der Waals surface area contributed by atoms with Crippen LogP contribution in [0.25, 0.3) is 11.2 Å². The van der Waals surface area contributed by atoms with E-state index < -0.39 is 0 Å². The van der Waals surface area contributed by atoms with Crippen molar-refractivity contribution >= 4 is 11.3 Å². The molecule has 0 bridgehead atoms. The fraction of sp³-hybridized carbons (Fsp3) is 0.119. The third kappa shape index (κ3) is 5.54. The second-order valence-electron chi connectivity index (χ2n) is 12.0. The van der Waals surface area contributed by atoms with Gasteiger partial charge in [0.15, 0.2) is 5.52 Å². The van der Waals surface area contributed by atoms with Gasteiger partial charge in [-0.25, -0.2) is 4.57 Å². The van der Waals surface area contributed by atoms with Crippen molar-refractivity contribution in [3.63, 3.8) is 0 Å². The molecule has 2 heterocycles. The second kappa shape index (κ2) is 12.3. The van der Waals surface area contributed by atoms with Crippen molar-refractivity contribution in [2.45, 2.75) is 18.8 Å². The molecule has 220 valence electrons. The van der Waals surface area contributed by atoms with Crippen LogP contribution < -0.4 is 9.47 Å². The minimum Gasteiger partial charge on any atom is -0.345 e. The predicted molar refractivity (Wildman–Crippen MR) is 186 cm³/mol. The summed E-state index contributed by atoms with van der Waals surface area (Å²) >= 11 is 0. The standard InChI is InChI=1S/C42H38N3/c1-31-27-37(40(32-17-8-4-9-18-32)33-19-10-5-11-20-33)42(44-29-36-25-16-26-39(43(2)3)45(36)30-44)38(28-31)41(34-21-12-6-13-22-34)35-23-14-7-15-24-35/h4-30,40-41H,1-3H3/q+1. The maximum atomic E-state index is 2.40. The normalized spacial score (nSPS) is 11.4. The molecular weight excluding hydrogens is 546 g/mol. The molecule has 0 aliphatic carbocycles. The Morgan fingerprint density at radius 1 is 0.533 bits per heavy atom. The van der Waals surface area contributed by atoms with Crippen molar-refractivity contribution in [1.82, 2.24) is 4.40 Å². The van der Waals surface area contributed by atoms with Gasteiger partial charge in [-0.05, 0) is 35.2 Å². The van der Waals surface area contributed by atoms with Gasteiger partial charge in [-0.1, -0.05) is 145 Å². The number of benzene rings is 5. The highest BCUT2D eigenvalue weighted by atomic mass is 15.2. The van der Waals surface area contributed by atoms with Crippen molar-refractivity contribution in [3.05, 3.63) is 203 Å². The summed E-state index contributed by atoms with van der Waals surface area (Å²) in [5.74, 6) is 1.21. The van der Waals surface area contributed by atoms with E-state index >= 15 is 0 Å². The fourth-order valence-electron chi connectivity index (χ4n) is 6.80. The van der Waals surface area contributed by atoms with Crippen molar-refractivity contribution in [2.24, 2.45) is 0 Å². The average Bonchev–Trinajstić information content (AvgIpc) is 3.51.